The van der Waals surface area contributed by atoms with Gasteiger partial charge in [0.05, 0.1) is 12.1 Å². The predicted octanol–water partition coefficient (Wildman–Crippen LogP) is 4.43. The maximum atomic E-state index is 12.8. The van der Waals surface area contributed by atoms with Crippen molar-refractivity contribution in [3.05, 3.63) is 21.7 Å². The maximum Gasteiger partial charge on any atom is 0.226 e. The lowest BCUT2D eigenvalue weighted by Crippen LogP contribution is -2.39. The molecule has 1 saturated carbocycles. The molecule has 4 nitrogen and oxygen atoms in total. The fourth-order valence-corrected chi connectivity index (χ4v) is 4.51. The molecule has 3 rings (SSSR count). The summed E-state index contributed by atoms with van der Waals surface area (Å²) in [6.45, 7) is 0.811. The van der Waals surface area contributed by atoms with Crippen LogP contribution in [0.5, 0.6) is 11.5 Å². The Kier molecular flexibility index (Phi) is 5.46. The Hall–Kier alpha value is -1.13. The van der Waals surface area contributed by atoms with Crippen molar-refractivity contribution < 1.29 is 14.6 Å². The summed E-state index contributed by atoms with van der Waals surface area (Å²) in [5.74, 6) is 0.211. The molecule has 1 unspecified atom stereocenters. The number of phenolic OH excluding ortho intramolecular Hbond substituents is 1. The molecule has 1 atom stereocenters. The lowest BCUT2D eigenvalue weighted by molar-refractivity contribution is -0.133. The monoisotopic (exact) mass is 371 g/mol. The number of likely N-dealkylation sites (tertiary alicyclic amines) is 1. The Labute approximate surface area is 152 Å². The average Bonchev–Trinajstić information content (AvgIpc) is 2.96. The Bertz CT molecular complexity index is 629. The van der Waals surface area contributed by atoms with Gasteiger partial charge in [0, 0.05) is 29.6 Å². The Balaban J connectivity index is 1.75. The molecule has 1 N–H and O–H groups in total. The first-order chi connectivity index (χ1) is 11.5. The first kappa shape index (κ1) is 17.7. The fourth-order valence-electron chi connectivity index (χ4n) is 3.92. The summed E-state index contributed by atoms with van der Waals surface area (Å²) in [7, 11) is 1.45. The van der Waals surface area contributed by atoms with Crippen molar-refractivity contribution in [3.8, 4) is 11.5 Å². The Morgan fingerprint density at radius 2 is 1.96 bits per heavy atom. The van der Waals surface area contributed by atoms with Crippen LogP contribution in [0.1, 0.15) is 44.1 Å². The minimum absolute atomic E-state index is 0.116. The third-order valence-corrected chi connectivity index (χ3v) is 6.03. The predicted molar refractivity (Wildman–Crippen MR) is 95.1 cm³/mol. The zero-order valence-electron chi connectivity index (χ0n) is 13.9. The summed E-state index contributed by atoms with van der Waals surface area (Å²) in [4.78, 5) is 14.8. The van der Waals surface area contributed by atoms with Gasteiger partial charge < -0.3 is 14.7 Å². The van der Waals surface area contributed by atoms with Crippen LogP contribution in [-0.2, 0) is 11.2 Å². The van der Waals surface area contributed by atoms with E-state index in [1.54, 1.807) is 6.07 Å². The number of phenols is 1. The molecule has 0 bridgehead atoms. The summed E-state index contributed by atoms with van der Waals surface area (Å²) < 4.78 is 5.06. The van der Waals surface area contributed by atoms with Gasteiger partial charge in [-0.2, -0.15) is 0 Å². The molecule has 1 aromatic carbocycles. The van der Waals surface area contributed by atoms with Gasteiger partial charge in [0.15, 0.2) is 11.5 Å². The highest BCUT2D eigenvalue weighted by Gasteiger charge is 2.37. The maximum absolute atomic E-state index is 12.8. The van der Waals surface area contributed by atoms with Gasteiger partial charge in [-0.05, 0) is 31.2 Å². The SMILES string of the molecule is COc1cc(Cl)c(CC2CCN(C3CCCCC3)C2=O)c(Cl)c1O. The molecular weight excluding hydrogens is 349 g/mol. The number of methoxy groups -OCH3 is 1. The molecule has 1 saturated heterocycles. The van der Waals surface area contributed by atoms with Crippen LogP contribution in [0, 0.1) is 5.92 Å². The standard InChI is InChI=1S/C18H23Cl2NO3/c1-24-15-10-14(19)13(16(20)17(15)22)9-11-7-8-21(18(11)23)12-5-3-2-4-6-12/h10-12,22H,2-9H2,1H3. The molecule has 1 aromatic rings. The zero-order chi connectivity index (χ0) is 17.3. The van der Waals surface area contributed by atoms with Crippen LogP contribution < -0.4 is 4.74 Å². The van der Waals surface area contributed by atoms with E-state index in [2.05, 4.69) is 4.90 Å². The molecule has 6 heteroatoms. The number of rotatable bonds is 4. The number of hydrogen-bond donors (Lipinski definition) is 1. The number of carbonyl (C=O) groups excluding carboxylic acids is 1. The second kappa shape index (κ2) is 7.40. The lowest BCUT2D eigenvalue weighted by atomic mass is 9.94. The number of ether oxygens (including phenoxy) is 1. The average molecular weight is 372 g/mol. The summed E-state index contributed by atoms with van der Waals surface area (Å²) in [5.41, 5.74) is 0.625. The number of amides is 1. The van der Waals surface area contributed by atoms with Crippen molar-refractivity contribution in [2.45, 2.75) is 51.0 Å². The molecule has 1 amide bonds. The van der Waals surface area contributed by atoms with Gasteiger partial charge in [0.25, 0.3) is 0 Å². The van der Waals surface area contributed by atoms with Crippen molar-refractivity contribution in [1.82, 2.24) is 4.90 Å². The third-order valence-electron chi connectivity index (χ3n) is 5.29. The van der Waals surface area contributed by atoms with Gasteiger partial charge in [-0.3, -0.25) is 4.79 Å². The highest BCUT2D eigenvalue weighted by molar-refractivity contribution is 6.37. The molecule has 0 aromatic heterocycles. The molecule has 132 valence electrons. The van der Waals surface area contributed by atoms with E-state index in [-0.39, 0.29) is 28.3 Å². The van der Waals surface area contributed by atoms with Crippen molar-refractivity contribution in [1.29, 1.82) is 0 Å². The largest absolute Gasteiger partial charge is 0.503 e. The van der Waals surface area contributed by atoms with E-state index >= 15 is 0 Å². The first-order valence-electron chi connectivity index (χ1n) is 8.57. The normalized spacial score (nSPS) is 22.2. The number of hydrogen-bond acceptors (Lipinski definition) is 3. The second-order valence-corrected chi connectivity index (χ2v) is 7.50. The van der Waals surface area contributed by atoms with Crippen molar-refractivity contribution in [2.24, 2.45) is 5.92 Å². The molecule has 0 radical (unpaired) electrons. The van der Waals surface area contributed by atoms with Crippen LogP contribution in [0.15, 0.2) is 6.07 Å². The summed E-state index contributed by atoms with van der Waals surface area (Å²) in [6, 6.07) is 1.95. The molecule has 1 aliphatic carbocycles. The molecule has 0 spiro atoms. The van der Waals surface area contributed by atoms with Gasteiger partial charge in [-0.15, -0.1) is 0 Å². The quantitative estimate of drug-likeness (QED) is 0.851. The number of halogens is 2. The smallest absolute Gasteiger partial charge is 0.226 e. The molecule has 24 heavy (non-hydrogen) atoms. The fraction of sp³-hybridized carbons (Fsp3) is 0.611. The lowest BCUT2D eigenvalue weighted by Gasteiger charge is -2.31. The Morgan fingerprint density at radius 1 is 1.25 bits per heavy atom. The van der Waals surface area contributed by atoms with E-state index in [4.69, 9.17) is 27.9 Å². The summed E-state index contributed by atoms with van der Waals surface area (Å²) in [6.07, 6.45) is 7.20. The van der Waals surface area contributed by atoms with Crippen LogP contribution in [-0.4, -0.2) is 35.6 Å². The molecule has 2 aliphatic rings. The number of carbonyl (C=O) groups is 1. The van der Waals surface area contributed by atoms with Crippen LogP contribution in [0.3, 0.4) is 0 Å². The highest BCUT2D eigenvalue weighted by Crippen LogP contribution is 2.42. The van der Waals surface area contributed by atoms with Crippen LogP contribution >= 0.6 is 23.2 Å². The molecule has 1 heterocycles. The third kappa shape index (κ3) is 3.31. The number of benzene rings is 1. The van der Waals surface area contributed by atoms with Crippen molar-refractivity contribution >= 4 is 29.1 Å². The summed E-state index contributed by atoms with van der Waals surface area (Å²) >= 11 is 12.6. The van der Waals surface area contributed by atoms with Crippen LogP contribution in [0.4, 0.5) is 0 Å². The topological polar surface area (TPSA) is 49.8 Å². The zero-order valence-corrected chi connectivity index (χ0v) is 15.4. The van der Waals surface area contributed by atoms with Gasteiger partial charge in [-0.1, -0.05) is 42.5 Å². The van der Waals surface area contributed by atoms with Gasteiger partial charge in [0.1, 0.15) is 0 Å². The molecule has 1 aliphatic heterocycles. The number of aromatic hydroxyl groups is 1. The minimum atomic E-state index is -0.117. The highest BCUT2D eigenvalue weighted by atomic mass is 35.5. The van der Waals surface area contributed by atoms with E-state index in [0.717, 1.165) is 25.8 Å². The molecular formula is C18H23Cl2NO3. The van der Waals surface area contributed by atoms with Crippen molar-refractivity contribution in [3.63, 3.8) is 0 Å². The van der Waals surface area contributed by atoms with Crippen LogP contribution in [0.2, 0.25) is 10.0 Å². The van der Waals surface area contributed by atoms with Gasteiger partial charge in [0.2, 0.25) is 5.91 Å². The van der Waals surface area contributed by atoms with E-state index < -0.39 is 0 Å². The van der Waals surface area contributed by atoms with Crippen LogP contribution in [0.25, 0.3) is 0 Å². The van der Waals surface area contributed by atoms with E-state index in [9.17, 15) is 9.90 Å². The van der Waals surface area contributed by atoms with Gasteiger partial charge in [-0.25, -0.2) is 0 Å². The first-order valence-corrected chi connectivity index (χ1v) is 9.32. The van der Waals surface area contributed by atoms with Gasteiger partial charge >= 0.3 is 0 Å². The summed E-state index contributed by atoms with van der Waals surface area (Å²) in [5, 5.41) is 10.7. The van der Waals surface area contributed by atoms with E-state index in [1.165, 1.54) is 26.4 Å². The van der Waals surface area contributed by atoms with E-state index in [0.29, 0.717) is 23.0 Å². The van der Waals surface area contributed by atoms with E-state index in [1.807, 2.05) is 0 Å². The second-order valence-electron chi connectivity index (χ2n) is 6.71. The minimum Gasteiger partial charge on any atom is -0.503 e. The van der Waals surface area contributed by atoms with Crippen molar-refractivity contribution in [2.75, 3.05) is 13.7 Å². The Morgan fingerprint density at radius 3 is 2.62 bits per heavy atom. The number of nitrogens with zero attached hydrogens (tertiary/aromatic N) is 1. The molecule has 2 fully saturated rings.